The van der Waals surface area contributed by atoms with Crippen molar-refractivity contribution in [3.8, 4) is 11.8 Å². The highest BCUT2D eigenvalue weighted by Crippen LogP contribution is 2.22. The second-order valence-corrected chi connectivity index (χ2v) is 4.47. The van der Waals surface area contributed by atoms with Crippen molar-refractivity contribution in [2.75, 3.05) is 7.11 Å². The van der Waals surface area contributed by atoms with Gasteiger partial charge in [0.2, 0.25) is 0 Å². The van der Waals surface area contributed by atoms with Crippen molar-refractivity contribution in [1.29, 1.82) is 5.26 Å². The first-order valence-corrected chi connectivity index (χ1v) is 6.70. The largest absolute Gasteiger partial charge is 0.488 e. The number of esters is 1. The molecule has 110 valence electrons. The summed E-state index contributed by atoms with van der Waals surface area (Å²) in [5.74, 6) is -0.0663. The van der Waals surface area contributed by atoms with Crippen LogP contribution in [0, 0.1) is 11.3 Å². The molecule has 0 spiro atoms. The summed E-state index contributed by atoms with van der Waals surface area (Å²) in [6.45, 7) is 0.409. The van der Waals surface area contributed by atoms with Crippen molar-refractivity contribution in [3.63, 3.8) is 0 Å². The maximum Gasteiger partial charge on any atom is 0.348 e. The van der Waals surface area contributed by atoms with Crippen LogP contribution in [-0.2, 0) is 16.1 Å². The van der Waals surface area contributed by atoms with Gasteiger partial charge < -0.3 is 9.47 Å². The third kappa shape index (κ3) is 3.97. The number of carbonyl (C=O) groups excluding carboxylic acids is 1. The maximum atomic E-state index is 11.5. The van der Waals surface area contributed by atoms with E-state index in [1.54, 1.807) is 12.1 Å². The monoisotopic (exact) mass is 293 g/mol. The van der Waals surface area contributed by atoms with E-state index in [1.165, 1.54) is 13.2 Å². The molecule has 0 amide bonds. The van der Waals surface area contributed by atoms with Crippen LogP contribution in [0.15, 0.2) is 60.2 Å². The fraction of sp³-hybridized carbons (Fsp3) is 0.111. The van der Waals surface area contributed by atoms with Gasteiger partial charge >= 0.3 is 5.97 Å². The summed E-state index contributed by atoms with van der Waals surface area (Å²) < 4.78 is 10.3. The number of hydrogen-bond donors (Lipinski definition) is 0. The summed E-state index contributed by atoms with van der Waals surface area (Å²) in [5, 5.41) is 9.03. The molecule has 0 unspecified atom stereocenters. The van der Waals surface area contributed by atoms with E-state index in [0.29, 0.717) is 17.9 Å². The minimum atomic E-state index is -0.666. The second-order valence-electron chi connectivity index (χ2n) is 4.47. The van der Waals surface area contributed by atoms with Crippen LogP contribution in [0.1, 0.15) is 11.1 Å². The zero-order valence-electron chi connectivity index (χ0n) is 12.2. The highest BCUT2D eigenvalue weighted by Gasteiger charge is 2.10. The Morgan fingerprint density at radius 3 is 2.50 bits per heavy atom. The molecule has 2 aromatic carbocycles. The lowest BCUT2D eigenvalue weighted by Crippen LogP contribution is -2.03. The minimum absolute atomic E-state index is 0.0711. The molecular formula is C18H15NO3. The molecule has 2 rings (SSSR count). The van der Waals surface area contributed by atoms with Crippen molar-refractivity contribution < 1.29 is 14.3 Å². The standard InChI is InChI=1S/C18H15NO3/c1-21-18(20)16(12-19)11-15-9-5-6-10-17(15)22-13-14-7-3-2-4-8-14/h2-11H,13H2,1H3. The van der Waals surface area contributed by atoms with E-state index in [9.17, 15) is 4.79 Å². The fourth-order valence-electron chi connectivity index (χ4n) is 1.87. The van der Waals surface area contributed by atoms with Crippen LogP contribution in [0.2, 0.25) is 0 Å². The summed E-state index contributed by atoms with van der Waals surface area (Å²) in [6, 6.07) is 18.8. The van der Waals surface area contributed by atoms with Crippen molar-refractivity contribution in [1.82, 2.24) is 0 Å². The van der Waals surface area contributed by atoms with Gasteiger partial charge in [0.05, 0.1) is 7.11 Å². The van der Waals surface area contributed by atoms with Gasteiger partial charge in [-0.3, -0.25) is 0 Å². The fourth-order valence-corrected chi connectivity index (χ4v) is 1.87. The zero-order chi connectivity index (χ0) is 15.8. The molecule has 0 heterocycles. The Bertz CT molecular complexity index is 715. The highest BCUT2D eigenvalue weighted by molar-refractivity contribution is 5.98. The van der Waals surface area contributed by atoms with Crippen LogP contribution in [0.5, 0.6) is 5.75 Å². The average Bonchev–Trinajstić information content (AvgIpc) is 2.59. The highest BCUT2D eigenvalue weighted by atomic mass is 16.5. The Hall–Kier alpha value is -3.06. The third-order valence-corrected chi connectivity index (χ3v) is 2.98. The first-order chi connectivity index (χ1) is 10.7. The Balaban J connectivity index is 2.22. The van der Waals surface area contributed by atoms with Gasteiger partial charge in [-0.05, 0) is 17.7 Å². The third-order valence-electron chi connectivity index (χ3n) is 2.98. The number of ether oxygens (including phenoxy) is 2. The maximum absolute atomic E-state index is 11.5. The lowest BCUT2D eigenvalue weighted by atomic mass is 10.1. The number of benzene rings is 2. The van der Waals surface area contributed by atoms with E-state index >= 15 is 0 Å². The van der Waals surface area contributed by atoms with Gasteiger partial charge in [0, 0.05) is 5.56 Å². The van der Waals surface area contributed by atoms with Crippen molar-refractivity contribution in [2.24, 2.45) is 0 Å². The van der Waals surface area contributed by atoms with Crippen molar-refractivity contribution >= 4 is 12.0 Å². The van der Waals surface area contributed by atoms with E-state index in [4.69, 9.17) is 10.00 Å². The molecule has 0 N–H and O–H groups in total. The smallest absolute Gasteiger partial charge is 0.348 e. The Morgan fingerprint density at radius 2 is 1.82 bits per heavy atom. The molecule has 0 bridgehead atoms. The summed E-state index contributed by atoms with van der Waals surface area (Å²) >= 11 is 0. The number of nitriles is 1. The molecule has 0 aromatic heterocycles. The van der Waals surface area contributed by atoms with Crippen LogP contribution >= 0.6 is 0 Å². The lowest BCUT2D eigenvalue weighted by molar-refractivity contribution is -0.135. The van der Waals surface area contributed by atoms with E-state index in [2.05, 4.69) is 4.74 Å². The average molecular weight is 293 g/mol. The quantitative estimate of drug-likeness (QED) is 0.482. The molecule has 0 aliphatic heterocycles. The minimum Gasteiger partial charge on any atom is -0.488 e. The summed E-state index contributed by atoms with van der Waals surface area (Å²) in [5.41, 5.74) is 1.62. The molecule has 0 aliphatic carbocycles. The predicted molar refractivity (Wildman–Crippen MR) is 82.8 cm³/mol. The molecule has 22 heavy (non-hydrogen) atoms. The molecule has 0 fully saturated rings. The molecular weight excluding hydrogens is 278 g/mol. The number of nitrogens with zero attached hydrogens (tertiary/aromatic N) is 1. The van der Waals surface area contributed by atoms with Gasteiger partial charge in [0.15, 0.2) is 0 Å². The SMILES string of the molecule is COC(=O)C(C#N)=Cc1ccccc1OCc1ccccc1. The van der Waals surface area contributed by atoms with Crippen molar-refractivity contribution in [3.05, 3.63) is 71.3 Å². The lowest BCUT2D eigenvalue weighted by Gasteiger charge is -2.09. The summed E-state index contributed by atoms with van der Waals surface area (Å²) in [7, 11) is 1.24. The Labute approximate surface area is 129 Å². The van der Waals surface area contributed by atoms with E-state index in [0.717, 1.165) is 5.56 Å². The number of hydrogen-bond acceptors (Lipinski definition) is 4. The first-order valence-electron chi connectivity index (χ1n) is 6.70. The van der Waals surface area contributed by atoms with Gasteiger partial charge in [-0.25, -0.2) is 4.79 Å². The Kier molecular flexibility index (Phi) is 5.33. The number of para-hydroxylation sites is 1. The summed E-state index contributed by atoms with van der Waals surface area (Å²) in [6.07, 6.45) is 1.46. The first kappa shape index (κ1) is 15.3. The normalized spacial score (nSPS) is 10.6. The number of carbonyl (C=O) groups is 1. The molecule has 0 saturated carbocycles. The molecule has 4 nitrogen and oxygen atoms in total. The van der Waals surface area contributed by atoms with Gasteiger partial charge in [0.25, 0.3) is 0 Å². The van der Waals surface area contributed by atoms with E-state index in [-0.39, 0.29) is 5.57 Å². The topological polar surface area (TPSA) is 59.3 Å². The van der Waals surface area contributed by atoms with Gasteiger partial charge in [-0.1, -0.05) is 48.5 Å². The van der Waals surface area contributed by atoms with E-state index < -0.39 is 5.97 Å². The van der Waals surface area contributed by atoms with Crippen LogP contribution in [0.4, 0.5) is 0 Å². The molecule has 0 radical (unpaired) electrons. The van der Waals surface area contributed by atoms with Crippen LogP contribution in [0.25, 0.3) is 6.08 Å². The molecule has 0 saturated heterocycles. The number of rotatable bonds is 5. The van der Waals surface area contributed by atoms with Gasteiger partial charge in [-0.2, -0.15) is 5.26 Å². The number of methoxy groups -OCH3 is 1. The Morgan fingerprint density at radius 1 is 1.14 bits per heavy atom. The second kappa shape index (κ2) is 7.65. The van der Waals surface area contributed by atoms with Crippen LogP contribution < -0.4 is 4.74 Å². The predicted octanol–water partition coefficient (Wildman–Crippen LogP) is 3.35. The van der Waals surface area contributed by atoms with Gasteiger partial charge in [-0.15, -0.1) is 0 Å². The van der Waals surface area contributed by atoms with Crippen molar-refractivity contribution in [2.45, 2.75) is 6.61 Å². The van der Waals surface area contributed by atoms with Gasteiger partial charge in [0.1, 0.15) is 24.0 Å². The molecule has 0 aliphatic rings. The zero-order valence-corrected chi connectivity index (χ0v) is 12.2. The molecule has 2 aromatic rings. The molecule has 0 atom stereocenters. The summed E-state index contributed by atoms with van der Waals surface area (Å²) in [4.78, 5) is 11.5. The van der Waals surface area contributed by atoms with Crippen LogP contribution in [-0.4, -0.2) is 13.1 Å². The molecule has 4 heteroatoms. The van der Waals surface area contributed by atoms with Crippen LogP contribution in [0.3, 0.4) is 0 Å². The van der Waals surface area contributed by atoms with E-state index in [1.807, 2.05) is 48.5 Å².